The smallest absolute Gasteiger partial charge is 0.0348 e. The topological polar surface area (TPSA) is 29.3 Å². The van der Waals surface area contributed by atoms with Crippen LogP contribution >= 0.6 is 0 Å². The Morgan fingerprint density at radius 3 is 2.94 bits per heavy atom. The van der Waals surface area contributed by atoms with E-state index in [0.717, 1.165) is 6.54 Å². The number of benzene rings is 1. The van der Waals surface area contributed by atoms with Gasteiger partial charge in [0.1, 0.15) is 0 Å². The highest BCUT2D eigenvalue weighted by atomic mass is 15.2. The lowest BCUT2D eigenvalue weighted by Crippen LogP contribution is -2.24. The molecule has 0 aliphatic carbocycles. The minimum atomic E-state index is 0.655. The van der Waals surface area contributed by atoms with Crippen LogP contribution in [0.1, 0.15) is 49.3 Å². The largest absolute Gasteiger partial charge is 0.330 e. The van der Waals surface area contributed by atoms with E-state index < -0.39 is 0 Å². The molecule has 0 radical (unpaired) electrons. The predicted octanol–water partition coefficient (Wildman–Crippen LogP) is 3.26. The summed E-state index contributed by atoms with van der Waals surface area (Å²) in [5, 5.41) is 0. The van der Waals surface area contributed by atoms with Crippen molar-refractivity contribution in [2.45, 2.75) is 45.1 Å². The van der Waals surface area contributed by atoms with Crippen LogP contribution in [0.15, 0.2) is 24.3 Å². The first-order valence-corrected chi connectivity index (χ1v) is 7.32. The molecule has 1 aromatic carbocycles. The van der Waals surface area contributed by atoms with Gasteiger partial charge in [-0.15, -0.1) is 0 Å². The number of likely N-dealkylation sites (tertiary alicyclic amines) is 1. The van der Waals surface area contributed by atoms with E-state index in [-0.39, 0.29) is 0 Å². The van der Waals surface area contributed by atoms with Crippen molar-refractivity contribution >= 4 is 0 Å². The van der Waals surface area contributed by atoms with Crippen LogP contribution in [0, 0.1) is 6.92 Å². The summed E-state index contributed by atoms with van der Waals surface area (Å²) in [7, 11) is 0. The fraction of sp³-hybridized carbons (Fsp3) is 0.625. The van der Waals surface area contributed by atoms with Crippen molar-refractivity contribution in [2.75, 3.05) is 19.6 Å². The maximum absolute atomic E-state index is 5.54. The van der Waals surface area contributed by atoms with E-state index in [4.69, 9.17) is 5.73 Å². The minimum absolute atomic E-state index is 0.655. The molecular formula is C16H26N2. The molecule has 1 aromatic rings. The quantitative estimate of drug-likeness (QED) is 0.781. The monoisotopic (exact) mass is 246 g/mol. The van der Waals surface area contributed by atoms with Gasteiger partial charge in [0.2, 0.25) is 0 Å². The molecule has 0 bridgehead atoms. The average Bonchev–Trinajstić information content (AvgIpc) is 2.83. The number of aryl methyl sites for hydroxylation is 1. The molecule has 0 spiro atoms. The van der Waals surface area contributed by atoms with Gasteiger partial charge in [-0.05, 0) is 57.8 Å². The lowest BCUT2D eigenvalue weighted by Gasteiger charge is -2.25. The number of unbranched alkanes of at least 4 members (excludes halogenated alkanes) is 2. The molecule has 1 aliphatic rings. The van der Waals surface area contributed by atoms with Crippen molar-refractivity contribution in [1.82, 2.24) is 4.90 Å². The molecular weight excluding hydrogens is 220 g/mol. The van der Waals surface area contributed by atoms with Gasteiger partial charge in [0, 0.05) is 6.04 Å². The Kier molecular flexibility index (Phi) is 5.21. The first-order valence-electron chi connectivity index (χ1n) is 7.32. The van der Waals surface area contributed by atoms with Crippen LogP contribution in [-0.4, -0.2) is 24.5 Å². The second-order valence-electron chi connectivity index (χ2n) is 5.46. The third kappa shape index (κ3) is 3.56. The maximum Gasteiger partial charge on any atom is 0.0348 e. The zero-order valence-electron chi connectivity index (χ0n) is 11.6. The molecule has 1 saturated heterocycles. The lowest BCUT2D eigenvalue weighted by molar-refractivity contribution is 0.251. The van der Waals surface area contributed by atoms with Crippen LogP contribution in [0.3, 0.4) is 0 Å². The van der Waals surface area contributed by atoms with Crippen molar-refractivity contribution in [1.29, 1.82) is 0 Å². The average molecular weight is 246 g/mol. The molecule has 0 aromatic heterocycles. The Morgan fingerprint density at radius 1 is 1.28 bits per heavy atom. The molecule has 2 rings (SSSR count). The normalized spacial score (nSPS) is 20.4. The highest BCUT2D eigenvalue weighted by molar-refractivity contribution is 5.25. The van der Waals surface area contributed by atoms with Crippen molar-refractivity contribution in [3.63, 3.8) is 0 Å². The molecule has 2 N–H and O–H groups in total. The number of rotatable bonds is 6. The molecule has 100 valence electrons. The summed E-state index contributed by atoms with van der Waals surface area (Å²) >= 11 is 0. The van der Waals surface area contributed by atoms with Crippen LogP contribution in [0.5, 0.6) is 0 Å². The highest BCUT2D eigenvalue weighted by Crippen LogP contribution is 2.32. The molecule has 1 fully saturated rings. The van der Waals surface area contributed by atoms with Gasteiger partial charge in [-0.1, -0.05) is 36.2 Å². The summed E-state index contributed by atoms with van der Waals surface area (Å²) in [6.45, 7) is 5.52. The van der Waals surface area contributed by atoms with Crippen molar-refractivity contribution in [2.24, 2.45) is 5.73 Å². The number of hydrogen-bond donors (Lipinski definition) is 1. The predicted molar refractivity (Wildman–Crippen MR) is 77.6 cm³/mol. The third-order valence-corrected chi connectivity index (χ3v) is 3.94. The van der Waals surface area contributed by atoms with E-state index in [2.05, 4.69) is 36.1 Å². The summed E-state index contributed by atoms with van der Waals surface area (Å²) in [6, 6.07) is 9.67. The summed E-state index contributed by atoms with van der Waals surface area (Å²) in [5.74, 6) is 0. The fourth-order valence-corrected chi connectivity index (χ4v) is 2.98. The minimum Gasteiger partial charge on any atom is -0.330 e. The summed E-state index contributed by atoms with van der Waals surface area (Å²) < 4.78 is 0. The molecule has 1 heterocycles. The van der Waals surface area contributed by atoms with Crippen molar-refractivity contribution in [3.05, 3.63) is 35.4 Å². The van der Waals surface area contributed by atoms with Crippen LogP contribution in [0.25, 0.3) is 0 Å². The van der Waals surface area contributed by atoms with E-state index in [1.165, 1.54) is 56.3 Å². The van der Waals surface area contributed by atoms with Gasteiger partial charge >= 0.3 is 0 Å². The Bertz CT molecular complexity index is 362. The van der Waals surface area contributed by atoms with E-state index >= 15 is 0 Å². The molecule has 1 unspecified atom stereocenters. The maximum atomic E-state index is 5.54. The van der Waals surface area contributed by atoms with E-state index in [1.807, 2.05) is 0 Å². The fourth-order valence-electron chi connectivity index (χ4n) is 2.98. The molecule has 1 aliphatic heterocycles. The third-order valence-electron chi connectivity index (χ3n) is 3.94. The number of hydrogen-bond acceptors (Lipinski definition) is 2. The van der Waals surface area contributed by atoms with E-state index in [0.29, 0.717) is 6.04 Å². The summed E-state index contributed by atoms with van der Waals surface area (Å²) in [5.41, 5.74) is 8.43. The summed E-state index contributed by atoms with van der Waals surface area (Å²) in [6.07, 6.45) is 6.39. The van der Waals surface area contributed by atoms with E-state index in [9.17, 15) is 0 Å². The lowest BCUT2D eigenvalue weighted by atomic mass is 10.0. The molecule has 2 heteroatoms. The Hall–Kier alpha value is -0.860. The standard InChI is InChI=1S/C16H26N2/c1-14-7-5-8-15(13-14)16-9-6-12-18(16)11-4-2-3-10-17/h5,7-8,13,16H,2-4,6,9-12,17H2,1H3. The van der Waals surface area contributed by atoms with Crippen molar-refractivity contribution < 1.29 is 0 Å². The van der Waals surface area contributed by atoms with Gasteiger partial charge in [0.25, 0.3) is 0 Å². The van der Waals surface area contributed by atoms with E-state index in [1.54, 1.807) is 0 Å². The van der Waals surface area contributed by atoms with Crippen LogP contribution in [-0.2, 0) is 0 Å². The number of nitrogens with two attached hydrogens (primary N) is 1. The van der Waals surface area contributed by atoms with Gasteiger partial charge < -0.3 is 5.73 Å². The first kappa shape index (κ1) is 13.6. The molecule has 0 amide bonds. The number of nitrogens with zero attached hydrogens (tertiary/aromatic N) is 1. The second-order valence-corrected chi connectivity index (χ2v) is 5.46. The molecule has 2 nitrogen and oxygen atoms in total. The van der Waals surface area contributed by atoms with Gasteiger partial charge in [0.15, 0.2) is 0 Å². The van der Waals surface area contributed by atoms with Gasteiger partial charge in [-0.3, -0.25) is 4.90 Å². The molecule has 18 heavy (non-hydrogen) atoms. The van der Waals surface area contributed by atoms with Crippen LogP contribution in [0.4, 0.5) is 0 Å². The summed E-state index contributed by atoms with van der Waals surface area (Å²) in [4.78, 5) is 2.66. The zero-order chi connectivity index (χ0) is 12.8. The van der Waals surface area contributed by atoms with Gasteiger partial charge in [-0.2, -0.15) is 0 Å². The SMILES string of the molecule is Cc1cccc(C2CCCN2CCCCCN)c1. The second kappa shape index (κ2) is 6.91. The Labute approximate surface area is 111 Å². The Morgan fingerprint density at radius 2 is 2.17 bits per heavy atom. The highest BCUT2D eigenvalue weighted by Gasteiger charge is 2.25. The zero-order valence-corrected chi connectivity index (χ0v) is 11.6. The van der Waals surface area contributed by atoms with Gasteiger partial charge in [-0.25, -0.2) is 0 Å². The van der Waals surface area contributed by atoms with Crippen LogP contribution in [0.2, 0.25) is 0 Å². The first-order chi connectivity index (χ1) is 8.81. The van der Waals surface area contributed by atoms with Gasteiger partial charge in [0.05, 0.1) is 0 Å². The van der Waals surface area contributed by atoms with Crippen LogP contribution < -0.4 is 5.73 Å². The molecule has 0 saturated carbocycles. The van der Waals surface area contributed by atoms with Crippen molar-refractivity contribution in [3.8, 4) is 0 Å². The molecule has 1 atom stereocenters. The Balaban J connectivity index is 1.91.